The minimum absolute atomic E-state index is 0.145. The molecule has 0 spiro atoms. The van der Waals surface area contributed by atoms with Gasteiger partial charge in [0.25, 0.3) is 5.91 Å². The third-order valence-electron chi connectivity index (χ3n) is 4.28. The van der Waals surface area contributed by atoms with Crippen molar-refractivity contribution in [2.45, 2.75) is 33.2 Å². The molecule has 31 heavy (non-hydrogen) atoms. The van der Waals surface area contributed by atoms with Crippen molar-refractivity contribution in [1.29, 1.82) is 0 Å². The molecule has 2 aromatic rings. The van der Waals surface area contributed by atoms with E-state index in [2.05, 4.69) is 16.0 Å². The van der Waals surface area contributed by atoms with E-state index in [4.69, 9.17) is 4.74 Å². The molecule has 0 heterocycles. The minimum Gasteiger partial charge on any atom is -0.454 e. The highest BCUT2D eigenvalue weighted by molar-refractivity contribution is 5.94. The molecule has 1 atom stereocenters. The lowest BCUT2D eigenvalue weighted by Crippen LogP contribution is -2.46. The van der Waals surface area contributed by atoms with Crippen LogP contribution in [0.4, 0.5) is 11.4 Å². The fraction of sp³-hybridized carbons (Fsp3) is 0.304. The predicted molar refractivity (Wildman–Crippen MR) is 117 cm³/mol. The Labute approximate surface area is 181 Å². The molecule has 0 bridgehead atoms. The van der Waals surface area contributed by atoms with Crippen LogP contribution in [-0.4, -0.2) is 36.3 Å². The first-order valence-electron chi connectivity index (χ1n) is 9.92. The van der Waals surface area contributed by atoms with E-state index in [1.807, 2.05) is 30.3 Å². The third-order valence-corrected chi connectivity index (χ3v) is 4.28. The zero-order valence-corrected chi connectivity index (χ0v) is 17.8. The van der Waals surface area contributed by atoms with Crippen LogP contribution in [0.1, 0.15) is 26.3 Å². The molecule has 0 radical (unpaired) electrons. The fourth-order valence-electron chi connectivity index (χ4n) is 2.77. The Balaban J connectivity index is 1.84. The molecule has 0 aromatic heterocycles. The molecule has 3 amide bonds. The van der Waals surface area contributed by atoms with Gasteiger partial charge in [-0.25, -0.2) is 4.79 Å². The van der Waals surface area contributed by atoms with Gasteiger partial charge in [-0.3, -0.25) is 14.4 Å². The van der Waals surface area contributed by atoms with Gasteiger partial charge < -0.3 is 20.7 Å². The van der Waals surface area contributed by atoms with E-state index in [0.717, 1.165) is 5.56 Å². The van der Waals surface area contributed by atoms with E-state index in [-0.39, 0.29) is 24.2 Å². The van der Waals surface area contributed by atoms with Crippen molar-refractivity contribution in [3.63, 3.8) is 0 Å². The molecule has 0 aliphatic rings. The van der Waals surface area contributed by atoms with Crippen molar-refractivity contribution in [2.24, 2.45) is 5.92 Å². The molecule has 0 unspecified atom stereocenters. The summed E-state index contributed by atoms with van der Waals surface area (Å²) in [5.74, 6) is -1.90. The lowest BCUT2D eigenvalue weighted by atomic mass is 10.0. The van der Waals surface area contributed by atoms with Gasteiger partial charge in [0.2, 0.25) is 11.8 Å². The van der Waals surface area contributed by atoms with Crippen LogP contribution >= 0.6 is 0 Å². The molecule has 0 fully saturated rings. The van der Waals surface area contributed by atoms with E-state index in [1.165, 1.54) is 6.92 Å². The smallest absolute Gasteiger partial charge is 0.329 e. The van der Waals surface area contributed by atoms with E-state index in [0.29, 0.717) is 11.4 Å². The summed E-state index contributed by atoms with van der Waals surface area (Å²) in [7, 11) is 0. The highest BCUT2D eigenvalue weighted by Crippen LogP contribution is 2.13. The van der Waals surface area contributed by atoms with Crippen LogP contribution in [0, 0.1) is 5.92 Å². The van der Waals surface area contributed by atoms with Gasteiger partial charge >= 0.3 is 5.97 Å². The van der Waals surface area contributed by atoms with Gasteiger partial charge in [0.1, 0.15) is 6.04 Å². The van der Waals surface area contributed by atoms with E-state index in [1.54, 1.807) is 38.1 Å². The van der Waals surface area contributed by atoms with Crippen LogP contribution in [0.15, 0.2) is 54.6 Å². The Morgan fingerprint density at radius 1 is 0.839 bits per heavy atom. The van der Waals surface area contributed by atoms with Crippen molar-refractivity contribution in [3.8, 4) is 0 Å². The third kappa shape index (κ3) is 8.30. The first kappa shape index (κ1) is 23.6. The summed E-state index contributed by atoms with van der Waals surface area (Å²) in [4.78, 5) is 47.8. The Hall–Kier alpha value is -3.68. The van der Waals surface area contributed by atoms with Crippen LogP contribution in [-0.2, 0) is 30.3 Å². The van der Waals surface area contributed by atoms with E-state index in [9.17, 15) is 19.2 Å². The summed E-state index contributed by atoms with van der Waals surface area (Å²) in [6.45, 7) is 4.49. The Kier molecular flexibility index (Phi) is 8.75. The minimum atomic E-state index is -0.860. The van der Waals surface area contributed by atoms with Crippen molar-refractivity contribution in [2.75, 3.05) is 17.2 Å². The molecule has 2 aromatic carbocycles. The largest absolute Gasteiger partial charge is 0.454 e. The van der Waals surface area contributed by atoms with Crippen LogP contribution < -0.4 is 16.0 Å². The molecule has 2 rings (SSSR count). The molecule has 8 nitrogen and oxygen atoms in total. The fourth-order valence-corrected chi connectivity index (χ4v) is 2.77. The first-order valence-corrected chi connectivity index (χ1v) is 9.92. The number of nitrogens with one attached hydrogen (secondary N) is 3. The van der Waals surface area contributed by atoms with Crippen LogP contribution in [0.2, 0.25) is 0 Å². The number of hydrogen-bond acceptors (Lipinski definition) is 5. The SMILES string of the molecule is CC(=O)Nc1ccc(NC(=O)COC(=O)[C@@H](NC(=O)Cc2ccccc2)C(C)C)cc1. The maximum absolute atomic E-state index is 12.4. The number of rotatable bonds is 9. The van der Waals surface area contributed by atoms with Gasteiger partial charge in [-0.1, -0.05) is 44.2 Å². The number of ether oxygens (including phenoxy) is 1. The summed E-state index contributed by atoms with van der Waals surface area (Å²) in [5, 5.41) is 7.91. The highest BCUT2D eigenvalue weighted by Gasteiger charge is 2.26. The summed E-state index contributed by atoms with van der Waals surface area (Å²) in [6, 6.07) is 14.8. The van der Waals surface area contributed by atoms with Gasteiger partial charge in [-0.15, -0.1) is 0 Å². The molecular weight excluding hydrogens is 398 g/mol. The standard InChI is InChI=1S/C23H27N3O5/c1-15(2)22(26-20(28)13-17-7-5-4-6-8-17)23(30)31-14-21(29)25-19-11-9-18(10-12-19)24-16(3)27/h4-12,15,22H,13-14H2,1-3H3,(H,24,27)(H,25,29)(H,26,28)/t22-/m0/s1. The van der Waals surface area contributed by atoms with E-state index >= 15 is 0 Å². The van der Waals surface area contributed by atoms with E-state index < -0.39 is 24.5 Å². The van der Waals surface area contributed by atoms with Crippen LogP contribution in [0.25, 0.3) is 0 Å². The molecular formula is C23H27N3O5. The summed E-state index contributed by atoms with van der Waals surface area (Å²) in [6.07, 6.45) is 0.145. The highest BCUT2D eigenvalue weighted by atomic mass is 16.5. The van der Waals surface area contributed by atoms with Gasteiger partial charge in [0, 0.05) is 18.3 Å². The maximum atomic E-state index is 12.4. The van der Waals surface area contributed by atoms with Crippen molar-refractivity contribution in [3.05, 3.63) is 60.2 Å². The number of anilines is 2. The topological polar surface area (TPSA) is 114 Å². The Morgan fingerprint density at radius 3 is 1.97 bits per heavy atom. The average molecular weight is 425 g/mol. The summed E-state index contributed by atoms with van der Waals surface area (Å²) >= 11 is 0. The number of hydrogen-bond donors (Lipinski definition) is 3. The molecule has 164 valence electrons. The van der Waals surface area contributed by atoms with Crippen molar-refractivity contribution >= 4 is 35.1 Å². The molecule has 0 saturated heterocycles. The number of esters is 1. The number of carbonyl (C=O) groups is 4. The normalized spacial score (nSPS) is 11.4. The lowest BCUT2D eigenvalue weighted by molar-refractivity contribution is -0.151. The molecule has 0 aliphatic heterocycles. The zero-order chi connectivity index (χ0) is 22.8. The second-order valence-electron chi connectivity index (χ2n) is 7.37. The summed E-state index contributed by atoms with van der Waals surface area (Å²) in [5.41, 5.74) is 1.93. The van der Waals surface area contributed by atoms with Crippen LogP contribution in [0.5, 0.6) is 0 Å². The average Bonchev–Trinajstić information content (AvgIpc) is 2.72. The monoisotopic (exact) mass is 425 g/mol. The molecule has 8 heteroatoms. The second-order valence-corrected chi connectivity index (χ2v) is 7.37. The first-order chi connectivity index (χ1) is 14.7. The quantitative estimate of drug-likeness (QED) is 0.534. The molecule has 0 saturated carbocycles. The Morgan fingerprint density at radius 2 is 1.42 bits per heavy atom. The zero-order valence-electron chi connectivity index (χ0n) is 17.8. The van der Waals surface area contributed by atoms with Crippen molar-refractivity contribution in [1.82, 2.24) is 5.32 Å². The number of amides is 3. The van der Waals surface area contributed by atoms with Crippen molar-refractivity contribution < 1.29 is 23.9 Å². The van der Waals surface area contributed by atoms with Crippen LogP contribution in [0.3, 0.4) is 0 Å². The lowest BCUT2D eigenvalue weighted by Gasteiger charge is -2.20. The van der Waals surface area contributed by atoms with Gasteiger partial charge in [-0.05, 0) is 35.7 Å². The van der Waals surface area contributed by atoms with Gasteiger partial charge in [0.05, 0.1) is 6.42 Å². The Bertz CT molecular complexity index is 911. The molecule has 3 N–H and O–H groups in total. The second kappa shape index (κ2) is 11.5. The van der Waals surface area contributed by atoms with Gasteiger partial charge in [0.15, 0.2) is 6.61 Å². The van der Waals surface area contributed by atoms with Gasteiger partial charge in [-0.2, -0.15) is 0 Å². The predicted octanol–water partition coefficient (Wildman–Crippen LogP) is 2.51. The maximum Gasteiger partial charge on any atom is 0.329 e. The number of benzene rings is 2. The number of carbonyl (C=O) groups excluding carboxylic acids is 4. The summed E-state index contributed by atoms with van der Waals surface area (Å²) < 4.78 is 5.10. The molecule has 0 aliphatic carbocycles.